The highest BCUT2D eigenvalue weighted by molar-refractivity contribution is 9.10. The first-order valence-electron chi connectivity index (χ1n) is 5.34. The van der Waals surface area contributed by atoms with Crippen molar-refractivity contribution in [1.29, 1.82) is 0 Å². The lowest BCUT2D eigenvalue weighted by Crippen LogP contribution is -2.13. The number of nitrogens with two attached hydrogens (primary N) is 1. The van der Waals surface area contributed by atoms with E-state index < -0.39 is 0 Å². The molecule has 2 rings (SSSR count). The Hall–Kier alpha value is -1.24. The largest absolute Gasteiger partial charge is 0.388 e. The molecule has 0 fully saturated rings. The van der Waals surface area contributed by atoms with Crippen molar-refractivity contribution < 1.29 is 0 Å². The summed E-state index contributed by atoms with van der Waals surface area (Å²) < 4.78 is 0.749. The fourth-order valence-corrected chi connectivity index (χ4v) is 2.11. The molecule has 98 valence electrons. The zero-order valence-electron chi connectivity index (χ0n) is 9.95. The van der Waals surface area contributed by atoms with Crippen molar-refractivity contribution in [3.8, 4) is 0 Å². The molecule has 4 nitrogen and oxygen atoms in total. The molecule has 0 unspecified atom stereocenters. The average molecular weight is 358 g/mol. The summed E-state index contributed by atoms with van der Waals surface area (Å²) in [4.78, 5) is 8.76. The van der Waals surface area contributed by atoms with Gasteiger partial charge in [0.05, 0.1) is 15.2 Å². The first-order valence-corrected chi connectivity index (χ1v) is 6.92. The summed E-state index contributed by atoms with van der Waals surface area (Å²) in [6, 6.07) is 7.22. The highest BCUT2D eigenvalue weighted by atomic mass is 79.9. The summed E-state index contributed by atoms with van der Waals surface area (Å²) in [5, 5.41) is 3.68. The Morgan fingerprint density at radius 1 is 1.42 bits per heavy atom. The molecule has 7 heteroatoms. The van der Waals surface area contributed by atoms with E-state index in [0.29, 0.717) is 16.7 Å². The van der Waals surface area contributed by atoms with Gasteiger partial charge in [0.2, 0.25) is 5.95 Å². The van der Waals surface area contributed by atoms with Crippen molar-refractivity contribution in [3.05, 3.63) is 45.1 Å². The lowest BCUT2D eigenvalue weighted by Gasteiger charge is -2.09. The standard InChI is InChI=1S/C12H10BrClN4S/c1-6-5-9(11(15)19)18-12(16-6)17-8-4-2-3-7(14)10(8)13/h2-5H,1H3,(H2,15,19)(H,16,17,18). The summed E-state index contributed by atoms with van der Waals surface area (Å²) in [5.74, 6) is 0.422. The van der Waals surface area contributed by atoms with E-state index in [9.17, 15) is 0 Å². The van der Waals surface area contributed by atoms with Gasteiger partial charge in [-0.1, -0.05) is 29.9 Å². The molecule has 0 aliphatic heterocycles. The molecule has 1 heterocycles. The molecule has 1 aromatic heterocycles. The van der Waals surface area contributed by atoms with Crippen LogP contribution in [0.5, 0.6) is 0 Å². The number of halogens is 2. The monoisotopic (exact) mass is 356 g/mol. The van der Waals surface area contributed by atoms with Crippen LogP contribution in [0, 0.1) is 6.92 Å². The van der Waals surface area contributed by atoms with E-state index in [-0.39, 0.29) is 4.99 Å². The number of aromatic nitrogens is 2. The third kappa shape index (κ3) is 3.40. The van der Waals surface area contributed by atoms with Crippen LogP contribution in [0.25, 0.3) is 0 Å². The number of anilines is 2. The molecule has 0 saturated carbocycles. The zero-order valence-corrected chi connectivity index (χ0v) is 13.1. The molecule has 0 radical (unpaired) electrons. The number of thiocarbonyl (C=S) groups is 1. The van der Waals surface area contributed by atoms with Gasteiger partial charge in [-0.2, -0.15) is 0 Å². The van der Waals surface area contributed by atoms with Crippen LogP contribution in [0.3, 0.4) is 0 Å². The predicted octanol–water partition coefficient (Wildman–Crippen LogP) is 3.58. The van der Waals surface area contributed by atoms with Crippen LogP contribution >= 0.6 is 39.7 Å². The van der Waals surface area contributed by atoms with E-state index in [1.807, 2.05) is 19.1 Å². The van der Waals surface area contributed by atoms with E-state index >= 15 is 0 Å². The van der Waals surface area contributed by atoms with Gasteiger partial charge in [-0.15, -0.1) is 0 Å². The molecule has 2 aromatic rings. The van der Waals surface area contributed by atoms with E-state index in [1.54, 1.807) is 12.1 Å². The Morgan fingerprint density at radius 2 is 2.16 bits per heavy atom. The van der Waals surface area contributed by atoms with Crippen LogP contribution in [0.1, 0.15) is 11.4 Å². The molecule has 0 spiro atoms. The van der Waals surface area contributed by atoms with Gasteiger partial charge in [-0.05, 0) is 41.1 Å². The van der Waals surface area contributed by atoms with Gasteiger partial charge < -0.3 is 11.1 Å². The van der Waals surface area contributed by atoms with Gasteiger partial charge in [0, 0.05) is 5.69 Å². The minimum Gasteiger partial charge on any atom is -0.388 e. The number of nitrogens with one attached hydrogen (secondary N) is 1. The molecule has 19 heavy (non-hydrogen) atoms. The summed E-state index contributed by atoms with van der Waals surface area (Å²) in [5.41, 5.74) is 7.66. The normalized spacial score (nSPS) is 10.3. The summed E-state index contributed by atoms with van der Waals surface area (Å²) in [6.45, 7) is 1.85. The van der Waals surface area contributed by atoms with Gasteiger partial charge >= 0.3 is 0 Å². The smallest absolute Gasteiger partial charge is 0.228 e. The van der Waals surface area contributed by atoms with Gasteiger partial charge in [-0.3, -0.25) is 0 Å². The number of nitrogens with zero attached hydrogens (tertiary/aromatic N) is 2. The van der Waals surface area contributed by atoms with Gasteiger partial charge in [-0.25, -0.2) is 9.97 Å². The van der Waals surface area contributed by atoms with Crippen molar-refractivity contribution in [2.75, 3.05) is 5.32 Å². The average Bonchev–Trinajstić information content (AvgIpc) is 2.34. The highest BCUT2D eigenvalue weighted by Crippen LogP contribution is 2.31. The first-order chi connectivity index (χ1) is 8.97. The van der Waals surface area contributed by atoms with Crippen molar-refractivity contribution in [2.24, 2.45) is 5.73 Å². The second-order valence-electron chi connectivity index (χ2n) is 3.81. The molecule has 0 amide bonds. The van der Waals surface area contributed by atoms with Crippen LogP contribution < -0.4 is 11.1 Å². The zero-order chi connectivity index (χ0) is 14.0. The maximum atomic E-state index is 6.02. The van der Waals surface area contributed by atoms with Gasteiger partial charge in [0.25, 0.3) is 0 Å². The number of hydrogen-bond donors (Lipinski definition) is 2. The molecule has 0 saturated heterocycles. The molecule has 0 aliphatic carbocycles. The fraction of sp³-hybridized carbons (Fsp3) is 0.0833. The topological polar surface area (TPSA) is 63.8 Å². The van der Waals surface area contributed by atoms with Crippen molar-refractivity contribution in [2.45, 2.75) is 6.92 Å². The Labute approximate surface area is 129 Å². The van der Waals surface area contributed by atoms with E-state index in [2.05, 4.69) is 31.2 Å². The van der Waals surface area contributed by atoms with Crippen LogP contribution in [0.15, 0.2) is 28.7 Å². The van der Waals surface area contributed by atoms with Gasteiger partial charge in [0.15, 0.2) is 0 Å². The highest BCUT2D eigenvalue weighted by Gasteiger charge is 2.08. The molecule has 3 N–H and O–H groups in total. The number of aryl methyl sites for hydroxylation is 1. The second kappa shape index (κ2) is 5.81. The van der Waals surface area contributed by atoms with E-state index in [1.165, 1.54) is 0 Å². The first kappa shape index (κ1) is 14.2. The van der Waals surface area contributed by atoms with Crippen molar-refractivity contribution in [3.63, 3.8) is 0 Å². The SMILES string of the molecule is Cc1cc(C(N)=S)nc(Nc2cccc(Cl)c2Br)n1. The lowest BCUT2D eigenvalue weighted by molar-refractivity contribution is 1.09. The maximum absolute atomic E-state index is 6.02. The second-order valence-corrected chi connectivity index (χ2v) is 5.45. The van der Waals surface area contributed by atoms with Gasteiger partial charge in [0.1, 0.15) is 10.7 Å². The number of hydrogen-bond acceptors (Lipinski definition) is 4. The van der Waals surface area contributed by atoms with Crippen LogP contribution in [0.4, 0.5) is 11.6 Å². The molecular formula is C12H10BrClN4S. The third-order valence-corrected chi connectivity index (χ3v) is 3.91. The van der Waals surface area contributed by atoms with Crippen molar-refractivity contribution in [1.82, 2.24) is 9.97 Å². The van der Waals surface area contributed by atoms with Crippen molar-refractivity contribution >= 4 is 56.4 Å². The summed E-state index contributed by atoms with van der Waals surface area (Å²) >= 11 is 14.3. The van der Waals surface area contributed by atoms with Crippen LogP contribution in [0.2, 0.25) is 5.02 Å². The summed E-state index contributed by atoms with van der Waals surface area (Å²) in [6.07, 6.45) is 0. The Kier molecular flexibility index (Phi) is 4.34. The molecule has 1 aromatic carbocycles. The van der Waals surface area contributed by atoms with Crippen LogP contribution in [-0.4, -0.2) is 15.0 Å². The Morgan fingerprint density at radius 3 is 2.84 bits per heavy atom. The molecule has 0 aliphatic rings. The summed E-state index contributed by atoms with van der Waals surface area (Å²) in [7, 11) is 0. The third-order valence-electron chi connectivity index (χ3n) is 2.30. The lowest BCUT2D eigenvalue weighted by atomic mass is 10.3. The van der Waals surface area contributed by atoms with E-state index in [4.69, 9.17) is 29.6 Å². The molecule has 0 bridgehead atoms. The fourth-order valence-electron chi connectivity index (χ4n) is 1.47. The van der Waals surface area contributed by atoms with E-state index in [0.717, 1.165) is 15.9 Å². The maximum Gasteiger partial charge on any atom is 0.228 e. The number of rotatable bonds is 3. The Balaban J connectivity index is 2.38. The number of benzene rings is 1. The quantitative estimate of drug-likeness (QED) is 0.822. The predicted molar refractivity (Wildman–Crippen MR) is 85.1 cm³/mol. The minimum atomic E-state index is 0.235. The Bertz CT molecular complexity index is 648. The molecular weight excluding hydrogens is 348 g/mol. The molecule has 0 atom stereocenters. The van der Waals surface area contributed by atoms with Crippen LogP contribution in [-0.2, 0) is 0 Å². The minimum absolute atomic E-state index is 0.235.